The number of phenolic OH excluding ortho intramolecular Hbond substituents is 1. The van der Waals surface area contributed by atoms with Crippen LogP contribution in [0.2, 0.25) is 5.02 Å². The quantitative estimate of drug-likeness (QED) is 0.402. The Labute approximate surface area is 218 Å². The zero-order chi connectivity index (χ0) is 25.7. The Morgan fingerprint density at radius 1 is 1.08 bits per heavy atom. The van der Waals surface area contributed by atoms with E-state index < -0.39 is 5.82 Å². The molecular formula is C28H26ClFN4O3. The van der Waals surface area contributed by atoms with Crippen molar-refractivity contribution in [3.63, 3.8) is 0 Å². The lowest BCUT2D eigenvalue weighted by molar-refractivity contribution is 0.0231. The molecule has 0 amide bonds. The van der Waals surface area contributed by atoms with E-state index in [0.717, 1.165) is 44.8 Å². The smallest absolute Gasteiger partial charge is 0.332 e. The van der Waals surface area contributed by atoms with Crippen LogP contribution in [-0.4, -0.2) is 44.5 Å². The van der Waals surface area contributed by atoms with Crippen LogP contribution in [0.25, 0.3) is 27.9 Å². The lowest BCUT2D eigenvalue weighted by Gasteiger charge is -2.24. The van der Waals surface area contributed by atoms with E-state index in [1.807, 2.05) is 6.07 Å². The molecule has 0 aliphatic carbocycles. The second-order valence-electron chi connectivity index (χ2n) is 9.79. The molecule has 37 heavy (non-hydrogen) atoms. The van der Waals surface area contributed by atoms with Crippen molar-refractivity contribution in [1.82, 2.24) is 14.1 Å². The Kier molecular flexibility index (Phi) is 5.81. The molecule has 2 aliphatic rings. The number of benzene rings is 2. The van der Waals surface area contributed by atoms with E-state index in [2.05, 4.69) is 9.88 Å². The molecule has 2 aromatic carbocycles. The Morgan fingerprint density at radius 2 is 1.86 bits per heavy atom. The van der Waals surface area contributed by atoms with Gasteiger partial charge in [-0.3, -0.25) is 4.57 Å². The molecule has 2 saturated heterocycles. The first-order valence-electron chi connectivity index (χ1n) is 12.3. The highest BCUT2D eigenvalue weighted by molar-refractivity contribution is 6.32. The zero-order valence-corrected chi connectivity index (χ0v) is 21.1. The van der Waals surface area contributed by atoms with Gasteiger partial charge in [0.25, 0.3) is 0 Å². The van der Waals surface area contributed by atoms with Crippen molar-refractivity contribution >= 4 is 17.4 Å². The second-order valence-corrected chi connectivity index (χ2v) is 10.2. The highest BCUT2D eigenvalue weighted by Crippen LogP contribution is 2.42. The standard InChI is InChI=1S/C28H26ClFN4O3/c1-32-10-11-34(27(32)36)24-4-3-18(13-23(24)29)21-15-20(30)16-22(26(21)35)19-5-8-31-25(14-19)33-9-7-28(17-33)6-2-12-37-28/h3-5,8,10-11,13-16,35H,2,6-7,9,12,17H2,1H3. The lowest BCUT2D eigenvalue weighted by atomic mass is 9.97. The highest BCUT2D eigenvalue weighted by Gasteiger charge is 2.42. The van der Waals surface area contributed by atoms with Crippen molar-refractivity contribution in [3.05, 3.63) is 82.4 Å². The van der Waals surface area contributed by atoms with Crippen LogP contribution in [0.15, 0.2) is 65.8 Å². The minimum atomic E-state index is -0.486. The molecule has 9 heteroatoms. The van der Waals surface area contributed by atoms with Crippen LogP contribution >= 0.6 is 11.6 Å². The van der Waals surface area contributed by atoms with E-state index in [1.54, 1.807) is 49.9 Å². The fourth-order valence-electron chi connectivity index (χ4n) is 5.43. The summed E-state index contributed by atoms with van der Waals surface area (Å²) in [5, 5.41) is 11.6. The van der Waals surface area contributed by atoms with Gasteiger partial charge in [-0.2, -0.15) is 0 Å². The number of aryl methyl sites for hydroxylation is 1. The van der Waals surface area contributed by atoms with Crippen LogP contribution in [0, 0.1) is 5.82 Å². The normalized spacial score (nSPS) is 19.3. The summed E-state index contributed by atoms with van der Waals surface area (Å²) in [4.78, 5) is 19.1. The predicted octanol–water partition coefficient (Wildman–Crippen LogP) is 5.16. The molecular weight excluding hydrogens is 495 g/mol. The number of hydrogen-bond acceptors (Lipinski definition) is 5. The minimum Gasteiger partial charge on any atom is -0.507 e. The summed E-state index contributed by atoms with van der Waals surface area (Å²) >= 11 is 6.52. The van der Waals surface area contributed by atoms with E-state index >= 15 is 0 Å². The van der Waals surface area contributed by atoms with Crippen molar-refractivity contribution in [3.8, 4) is 33.7 Å². The van der Waals surface area contributed by atoms with Crippen molar-refractivity contribution < 1.29 is 14.2 Å². The fraction of sp³-hybridized carbons (Fsp3) is 0.286. The number of nitrogens with zero attached hydrogens (tertiary/aromatic N) is 4. The summed E-state index contributed by atoms with van der Waals surface area (Å²) in [7, 11) is 1.65. The van der Waals surface area contributed by atoms with Gasteiger partial charge in [0.1, 0.15) is 17.4 Å². The summed E-state index contributed by atoms with van der Waals surface area (Å²) < 4.78 is 23.8. The Bertz CT molecular complexity index is 1560. The van der Waals surface area contributed by atoms with Crippen LogP contribution in [-0.2, 0) is 11.8 Å². The van der Waals surface area contributed by atoms with E-state index in [0.29, 0.717) is 33.0 Å². The lowest BCUT2D eigenvalue weighted by Crippen LogP contribution is -2.32. The fourth-order valence-corrected chi connectivity index (χ4v) is 5.70. The van der Waals surface area contributed by atoms with E-state index in [-0.39, 0.29) is 17.0 Å². The van der Waals surface area contributed by atoms with Crippen LogP contribution < -0.4 is 10.6 Å². The zero-order valence-electron chi connectivity index (χ0n) is 20.3. The molecule has 1 N–H and O–H groups in total. The predicted molar refractivity (Wildman–Crippen MR) is 141 cm³/mol. The van der Waals surface area contributed by atoms with Gasteiger partial charge in [-0.1, -0.05) is 17.7 Å². The number of ether oxygens (including phenoxy) is 1. The topological polar surface area (TPSA) is 72.5 Å². The summed E-state index contributed by atoms with van der Waals surface area (Å²) in [6, 6.07) is 11.3. The summed E-state index contributed by atoms with van der Waals surface area (Å²) in [6.07, 6.45) is 8.04. The monoisotopic (exact) mass is 520 g/mol. The van der Waals surface area contributed by atoms with Gasteiger partial charge in [0, 0.05) is 56.5 Å². The largest absolute Gasteiger partial charge is 0.507 e. The van der Waals surface area contributed by atoms with Gasteiger partial charge < -0.3 is 19.3 Å². The SMILES string of the molecule is Cn1ccn(-c2ccc(-c3cc(F)cc(-c4ccnc(N5CCC6(CCCO6)C5)c4)c3O)cc2Cl)c1=O. The molecule has 2 aromatic heterocycles. The number of anilines is 1. The molecule has 0 saturated carbocycles. The Morgan fingerprint density at radius 3 is 2.54 bits per heavy atom. The third-order valence-corrected chi connectivity index (χ3v) is 7.72. The number of pyridine rings is 1. The van der Waals surface area contributed by atoms with Crippen molar-refractivity contribution in [1.29, 1.82) is 0 Å². The first-order chi connectivity index (χ1) is 17.8. The first-order valence-corrected chi connectivity index (χ1v) is 12.6. The number of aromatic nitrogens is 3. The average Bonchev–Trinajstić information content (AvgIpc) is 3.63. The molecule has 1 atom stereocenters. The van der Waals surface area contributed by atoms with E-state index in [9.17, 15) is 14.3 Å². The summed E-state index contributed by atoms with van der Waals surface area (Å²) in [5.74, 6) is 0.229. The van der Waals surface area contributed by atoms with Crippen LogP contribution in [0.3, 0.4) is 0 Å². The molecule has 4 aromatic rings. The molecule has 0 radical (unpaired) electrons. The molecule has 1 unspecified atom stereocenters. The first kappa shape index (κ1) is 23.8. The van der Waals surface area contributed by atoms with Crippen molar-refractivity contribution in [2.45, 2.75) is 24.9 Å². The minimum absolute atomic E-state index is 0.0590. The van der Waals surface area contributed by atoms with Crippen LogP contribution in [0.1, 0.15) is 19.3 Å². The summed E-state index contributed by atoms with van der Waals surface area (Å²) in [5.41, 5.74) is 2.04. The van der Waals surface area contributed by atoms with Gasteiger partial charge in [-0.15, -0.1) is 0 Å². The van der Waals surface area contributed by atoms with Gasteiger partial charge in [0.2, 0.25) is 0 Å². The van der Waals surface area contributed by atoms with Gasteiger partial charge in [-0.05, 0) is 66.8 Å². The molecule has 7 nitrogen and oxygen atoms in total. The molecule has 6 rings (SSSR count). The van der Waals surface area contributed by atoms with Gasteiger partial charge >= 0.3 is 5.69 Å². The van der Waals surface area contributed by atoms with Gasteiger partial charge in [0.15, 0.2) is 0 Å². The van der Waals surface area contributed by atoms with Crippen molar-refractivity contribution in [2.24, 2.45) is 7.05 Å². The Balaban J connectivity index is 1.35. The van der Waals surface area contributed by atoms with Crippen LogP contribution in [0.4, 0.5) is 10.2 Å². The molecule has 2 aliphatic heterocycles. The van der Waals surface area contributed by atoms with Gasteiger partial charge in [-0.25, -0.2) is 14.2 Å². The molecule has 0 bridgehead atoms. The third kappa shape index (κ3) is 4.20. The number of imidazole rings is 1. The maximum absolute atomic E-state index is 14.8. The van der Waals surface area contributed by atoms with E-state index in [1.165, 1.54) is 21.3 Å². The number of rotatable bonds is 4. The average molecular weight is 521 g/mol. The molecule has 4 heterocycles. The number of phenols is 1. The highest BCUT2D eigenvalue weighted by atomic mass is 35.5. The summed E-state index contributed by atoms with van der Waals surface area (Å²) in [6.45, 7) is 2.42. The van der Waals surface area contributed by atoms with Crippen molar-refractivity contribution in [2.75, 3.05) is 24.6 Å². The maximum atomic E-state index is 14.8. The number of aromatic hydroxyl groups is 1. The number of halogens is 2. The molecule has 1 spiro atoms. The third-order valence-electron chi connectivity index (χ3n) is 7.42. The number of hydrogen-bond donors (Lipinski definition) is 1. The maximum Gasteiger partial charge on any atom is 0.332 e. The molecule has 2 fully saturated rings. The Hall–Kier alpha value is -3.62. The van der Waals surface area contributed by atoms with Crippen LogP contribution in [0.5, 0.6) is 5.75 Å². The van der Waals surface area contributed by atoms with E-state index in [4.69, 9.17) is 16.3 Å². The van der Waals surface area contributed by atoms with Gasteiger partial charge in [0.05, 0.1) is 16.3 Å². The molecule has 190 valence electrons. The second kappa shape index (κ2) is 9.04.